The van der Waals surface area contributed by atoms with Gasteiger partial charge in [-0.05, 0) is 37.6 Å². The Balaban J connectivity index is 2.01. The van der Waals surface area contributed by atoms with E-state index in [2.05, 4.69) is 22.5 Å². The maximum Gasteiger partial charge on any atom is 0.195 e. The predicted octanol–water partition coefficient (Wildman–Crippen LogP) is 3.70. The van der Waals surface area contributed by atoms with Crippen molar-refractivity contribution in [2.45, 2.75) is 26.7 Å². The van der Waals surface area contributed by atoms with Crippen molar-refractivity contribution in [3.8, 4) is 11.5 Å². The van der Waals surface area contributed by atoms with E-state index >= 15 is 0 Å². The number of methoxy groups -OCH3 is 1. The minimum Gasteiger partial charge on any atom is -0.493 e. The van der Waals surface area contributed by atoms with Crippen molar-refractivity contribution in [1.82, 2.24) is 5.32 Å². The summed E-state index contributed by atoms with van der Waals surface area (Å²) < 4.78 is 16.3. The molecule has 6 heteroatoms. The molecule has 2 rings (SSSR count). The van der Waals surface area contributed by atoms with E-state index in [4.69, 9.17) is 13.9 Å². The first-order valence-corrected chi connectivity index (χ1v) is 8.65. The van der Waals surface area contributed by atoms with Gasteiger partial charge in [0.2, 0.25) is 0 Å². The lowest BCUT2D eigenvalue weighted by molar-refractivity contribution is 0.311. The molecule has 6 nitrogen and oxygen atoms in total. The molecule has 1 heterocycles. The summed E-state index contributed by atoms with van der Waals surface area (Å²) in [6.45, 7) is 6.12. The molecule has 136 valence electrons. The van der Waals surface area contributed by atoms with Gasteiger partial charge in [0, 0.05) is 31.3 Å². The van der Waals surface area contributed by atoms with Gasteiger partial charge >= 0.3 is 0 Å². The second-order valence-corrected chi connectivity index (χ2v) is 5.41. The van der Waals surface area contributed by atoms with Crippen molar-refractivity contribution in [2.75, 3.05) is 32.1 Å². The highest BCUT2D eigenvalue weighted by molar-refractivity contribution is 5.93. The average Bonchev–Trinajstić information content (AvgIpc) is 3.13. The Morgan fingerprint density at radius 1 is 1.20 bits per heavy atom. The van der Waals surface area contributed by atoms with Gasteiger partial charge in [0.25, 0.3) is 0 Å². The third kappa shape index (κ3) is 6.06. The van der Waals surface area contributed by atoms with E-state index in [9.17, 15) is 0 Å². The zero-order valence-corrected chi connectivity index (χ0v) is 15.2. The monoisotopic (exact) mass is 345 g/mol. The van der Waals surface area contributed by atoms with E-state index in [1.165, 1.54) is 0 Å². The molecule has 0 radical (unpaired) electrons. The number of furan rings is 1. The third-order valence-electron chi connectivity index (χ3n) is 3.46. The molecule has 1 aromatic carbocycles. The Labute approximate surface area is 149 Å². The van der Waals surface area contributed by atoms with Crippen LogP contribution in [0.2, 0.25) is 0 Å². The number of benzene rings is 1. The summed E-state index contributed by atoms with van der Waals surface area (Å²) in [5.74, 6) is 3.11. The van der Waals surface area contributed by atoms with Crippen LogP contribution >= 0.6 is 0 Å². The highest BCUT2D eigenvalue weighted by Crippen LogP contribution is 2.30. The van der Waals surface area contributed by atoms with Crippen molar-refractivity contribution < 1.29 is 13.9 Å². The summed E-state index contributed by atoms with van der Waals surface area (Å²) in [5.41, 5.74) is 0.893. The number of guanidine groups is 1. The molecule has 0 aliphatic heterocycles. The van der Waals surface area contributed by atoms with E-state index in [0.29, 0.717) is 18.1 Å². The van der Waals surface area contributed by atoms with Gasteiger partial charge in [-0.3, -0.25) is 4.99 Å². The zero-order chi connectivity index (χ0) is 17.9. The molecule has 0 spiro atoms. The summed E-state index contributed by atoms with van der Waals surface area (Å²) in [6.07, 6.45) is 3.47. The number of rotatable bonds is 9. The summed E-state index contributed by atoms with van der Waals surface area (Å²) in [5, 5.41) is 6.64. The van der Waals surface area contributed by atoms with Gasteiger partial charge in [-0.25, -0.2) is 0 Å². The van der Waals surface area contributed by atoms with Crippen molar-refractivity contribution in [2.24, 2.45) is 4.99 Å². The van der Waals surface area contributed by atoms with E-state index in [-0.39, 0.29) is 0 Å². The molecule has 1 aromatic heterocycles. The van der Waals surface area contributed by atoms with Crippen molar-refractivity contribution in [3.63, 3.8) is 0 Å². The van der Waals surface area contributed by atoms with E-state index < -0.39 is 0 Å². The van der Waals surface area contributed by atoms with Gasteiger partial charge in [-0.2, -0.15) is 0 Å². The van der Waals surface area contributed by atoms with Gasteiger partial charge in [0.15, 0.2) is 17.5 Å². The van der Waals surface area contributed by atoms with E-state index in [1.807, 2.05) is 37.3 Å². The maximum atomic E-state index is 5.62. The first-order chi connectivity index (χ1) is 12.3. The highest BCUT2D eigenvalue weighted by Gasteiger charge is 2.07. The van der Waals surface area contributed by atoms with E-state index in [1.54, 1.807) is 13.4 Å². The number of nitrogens with one attached hydrogen (secondary N) is 2. The molecular weight excluding hydrogens is 318 g/mol. The fraction of sp³-hybridized carbons (Fsp3) is 0.421. The number of ether oxygens (including phenoxy) is 2. The van der Waals surface area contributed by atoms with Gasteiger partial charge < -0.3 is 24.5 Å². The summed E-state index contributed by atoms with van der Waals surface area (Å²) in [6, 6.07) is 9.60. The molecule has 0 saturated heterocycles. The Morgan fingerprint density at radius 2 is 2.08 bits per heavy atom. The molecule has 0 saturated carbocycles. The molecule has 2 N–H and O–H groups in total. The van der Waals surface area contributed by atoms with Crippen LogP contribution in [0.25, 0.3) is 0 Å². The second-order valence-electron chi connectivity index (χ2n) is 5.41. The molecule has 0 unspecified atom stereocenters. The van der Waals surface area contributed by atoms with Crippen molar-refractivity contribution in [3.05, 3.63) is 42.4 Å². The van der Waals surface area contributed by atoms with Crippen LogP contribution in [0, 0.1) is 0 Å². The first kappa shape index (κ1) is 18.7. The Morgan fingerprint density at radius 3 is 2.76 bits per heavy atom. The largest absolute Gasteiger partial charge is 0.493 e. The van der Waals surface area contributed by atoms with Crippen LogP contribution in [0.1, 0.15) is 26.0 Å². The minimum absolute atomic E-state index is 0.581. The lowest BCUT2D eigenvalue weighted by Gasteiger charge is -2.15. The van der Waals surface area contributed by atoms with Crippen molar-refractivity contribution >= 4 is 11.6 Å². The normalized spacial score (nSPS) is 11.2. The fourth-order valence-electron chi connectivity index (χ4n) is 2.28. The highest BCUT2D eigenvalue weighted by atomic mass is 16.5. The van der Waals surface area contributed by atoms with Crippen LogP contribution in [0.4, 0.5) is 5.69 Å². The molecule has 0 bridgehead atoms. The molecule has 0 aliphatic carbocycles. The van der Waals surface area contributed by atoms with Crippen LogP contribution in [0.3, 0.4) is 0 Å². The van der Waals surface area contributed by atoms with Gasteiger partial charge in [-0.1, -0.05) is 6.92 Å². The second kappa shape index (κ2) is 10.3. The molecule has 2 aromatic rings. The Kier molecular flexibility index (Phi) is 7.69. The standard InChI is InChI=1S/C19H27N3O3/c1-4-11-20-19(21-12-10-16-7-6-13-25-16)22-15-8-9-17(23-3)18(14-15)24-5-2/h6-9,13-14H,4-5,10-12H2,1-3H3,(H2,20,21,22). The topological polar surface area (TPSA) is 68.0 Å². The number of nitrogens with zero attached hydrogens (tertiary/aromatic N) is 1. The first-order valence-electron chi connectivity index (χ1n) is 8.65. The lowest BCUT2D eigenvalue weighted by atomic mass is 10.2. The molecule has 25 heavy (non-hydrogen) atoms. The molecule has 0 amide bonds. The maximum absolute atomic E-state index is 5.62. The predicted molar refractivity (Wildman–Crippen MR) is 101 cm³/mol. The Hall–Kier alpha value is -2.63. The van der Waals surface area contributed by atoms with Crippen LogP contribution in [0.5, 0.6) is 11.5 Å². The molecule has 0 fully saturated rings. The molecule has 0 aliphatic rings. The molecular formula is C19H27N3O3. The summed E-state index contributed by atoms with van der Waals surface area (Å²) >= 11 is 0. The van der Waals surface area contributed by atoms with Crippen LogP contribution in [-0.2, 0) is 6.42 Å². The summed E-state index contributed by atoms with van der Waals surface area (Å²) in [4.78, 5) is 4.57. The van der Waals surface area contributed by atoms with Crippen LogP contribution in [-0.4, -0.2) is 32.8 Å². The van der Waals surface area contributed by atoms with Gasteiger partial charge in [-0.15, -0.1) is 0 Å². The zero-order valence-electron chi connectivity index (χ0n) is 15.2. The average molecular weight is 345 g/mol. The number of hydrogen-bond acceptors (Lipinski definition) is 4. The Bertz CT molecular complexity index is 654. The number of anilines is 1. The van der Waals surface area contributed by atoms with Gasteiger partial charge in [0.05, 0.1) is 20.0 Å². The van der Waals surface area contributed by atoms with E-state index in [0.717, 1.165) is 43.3 Å². The minimum atomic E-state index is 0.581. The smallest absolute Gasteiger partial charge is 0.195 e. The fourth-order valence-corrected chi connectivity index (χ4v) is 2.28. The quantitative estimate of drug-likeness (QED) is 0.536. The van der Waals surface area contributed by atoms with Gasteiger partial charge in [0.1, 0.15) is 5.76 Å². The van der Waals surface area contributed by atoms with Crippen LogP contribution < -0.4 is 20.1 Å². The lowest BCUT2D eigenvalue weighted by Crippen LogP contribution is -2.32. The third-order valence-corrected chi connectivity index (χ3v) is 3.46. The number of hydrogen-bond donors (Lipinski definition) is 2. The summed E-state index contributed by atoms with van der Waals surface area (Å²) in [7, 11) is 1.63. The van der Waals surface area contributed by atoms with Crippen molar-refractivity contribution in [1.29, 1.82) is 0 Å². The van der Waals surface area contributed by atoms with Crippen LogP contribution in [0.15, 0.2) is 46.0 Å². The number of aliphatic imine (C=N–C) groups is 1. The molecule has 0 atom stereocenters. The SMILES string of the molecule is CCCN=C(NCCc1ccco1)Nc1ccc(OC)c(OCC)c1.